The van der Waals surface area contributed by atoms with E-state index in [9.17, 15) is 19.6 Å². The van der Waals surface area contributed by atoms with Crippen molar-refractivity contribution in [3.8, 4) is 6.07 Å². The predicted molar refractivity (Wildman–Crippen MR) is 117 cm³/mol. The number of methoxy groups -OCH3 is 2. The van der Waals surface area contributed by atoms with Crippen LogP contribution in [0.15, 0.2) is 57.5 Å². The van der Waals surface area contributed by atoms with Crippen molar-refractivity contribution in [2.24, 2.45) is 11.3 Å². The summed E-state index contributed by atoms with van der Waals surface area (Å²) in [7, 11) is 2.32. The monoisotopic (exact) mass is 548 g/mol. The minimum atomic E-state index is -1.94. The number of esters is 2. The highest BCUT2D eigenvalue weighted by atomic mass is 79.9. The fourth-order valence-electron chi connectivity index (χ4n) is 4.09. The fraction of sp³-hybridized carbons (Fsp3) is 0.273. The third-order valence-corrected chi connectivity index (χ3v) is 6.39. The number of amides is 1. The Balaban J connectivity index is 2.36. The van der Waals surface area contributed by atoms with Crippen LogP contribution in [-0.2, 0) is 23.9 Å². The third kappa shape index (κ3) is 3.98. The molecule has 1 aliphatic rings. The lowest BCUT2D eigenvalue weighted by Gasteiger charge is -2.46. The fourth-order valence-corrected chi connectivity index (χ4v) is 4.92. The van der Waals surface area contributed by atoms with E-state index in [-0.39, 0.29) is 0 Å². The molecule has 1 fully saturated rings. The Hall–Kier alpha value is -2.70. The molecule has 3 rings (SSSR count). The molecule has 2 aromatic rings. The van der Waals surface area contributed by atoms with E-state index in [0.29, 0.717) is 20.1 Å². The molecule has 2 aromatic carbocycles. The predicted octanol–water partition coefficient (Wildman–Crippen LogP) is 3.64. The van der Waals surface area contributed by atoms with Crippen molar-refractivity contribution in [3.05, 3.63) is 68.6 Å². The molecule has 31 heavy (non-hydrogen) atoms. The van der Waals surface area contributed by atoms with Gasteiger partial charge in [-0.2, -0.15) is 5.26 Å². The Morgan fingerprint density at radius 2 is 1.61 bits per heavy atom. The van der Waals surface area contributed by atoms with Gasteiger partial charge in [-0.05, 0) is 35.4 Å². The van der Waals surface area contributed by atoms with Crippen LogP contribution in [0, 0.1) is 22.7 Å². The van der Waals surface area contributed by atoms with Crippen LogP contribution >= 0.6 is 31.9 Å². The Morgan fingerprint density at radius 1 is 1.03 bits per heavy atom. The van der Waals surface area contributed by atoms with E-state index in [0.717, 1.165) is 7.11 Å². The van der Waals surface area contributed by atoms with Crippen molar-refractivity contribution < 1.29 is 23.9 Å². The SMILES string of the molecule is COC(=O)C1C(=O)NC(c2cccc(Br)c2)C(C#N)(C(=O)OC)C1c1cccc(Br)c1. The lowest BCUT2D eigenvalue weighted by Crippen LogP contribution is -2.60. The Kier molecular flexibility index (Phi) is 6.82. The Morgan fingerprint density at radius 3 is 2.13 bits per heavy atom. The Bertz CT molecular complexity index is 1080. The van der Waals surface area contributed by atoms with E-state index in [1.807, 2.05) is 0 Å². The lowest BCUT2D eigenvalue weighted by molar-refractivity contribution is -0.164. The molecule has 0 aliphatic carbocycles. The van der Waals surface area contributed by atoms with Crippen molar-refractivity contribution in [3.63, 3.8) is 0 Å². The van der Waals surface area contributed by atoms with Gasteiger partial charge in [0.2, 0.25) is 5.91 Å². The molecule has 160 valence electrons. The number of hydrogen-bond acceptors (Lipinski definition) is 6. The number of rotatable bonds is 4. The van der Waals surface area contributed by atoms with Gasteiger partial charge in [0, 0.05) is 14.9 Å². The number of benzene rings is 2. The van der Waals surface area contributed by atoms with Crippen LogP contribution in [0.2, 0.25) is 0 Å². The average Bonchev–Trinajstić information content (AvgIpc) is 2.77. The highest BCUT2D eigenvalue weighted by Crippen LogP contribution is 2.53. The number of hydrogen-bond donors (Lipinski definition) is 1. The zero-order chi connectivity index (χ0) is 22.8. The molecule has 9 heteroatoms. The van der Waals surface area contributed by atoms with Crippen LogP contribution in [0.4, 0.5) is 0 Å². The van der Waals surface area contributed by atoms with Gasteiger partial charge in [-0.3, -0.25) is 14.4 Å². The minimum Gasteiger partial charge on any atom is -0.468 e. The zero-order valence-electron chi connectivity index (χ0n) is 16.6. The molecule has 1 amide bonds. The van der Waals surface area contributed by atoms with Gasteiger partial charge in [0.1, 0.15) is 5.92 Å². The minimum absolute atomic E-state index is 0.451. The second kappa shape index (κ2) is 9.20. The van der Waals surface area contributed by atoms with Crippen LogP contribution in [0.3, 0.4) is 0 Å². The normalized spacial score (nSPS) is 25.1. The number of nitrogens with one attached hydrogen (secondary N) is 1. The molecule has 1 saturated heterocycles. The van der Waals surface area contributed by atoms with E-state index in [2.05, 4.69) is 43.2 Å². The molecule has 1 heterocycles. The largest absolute Gasteiger partial charge is 0.468 e. The van der Waals surface area contributed by atoms with E-state index in [4.69, 9.17) is 9.47 Å². The number of piperidine rings is 1. The second-order valence-electron chi connectivity index (χ2n) is 7.00. The van der Waals surface area contributed by atoms with Gasteiger partial charge < -0.3 is 14.8 Å². The summed E-state index contributed by atoms with van der Waals surface area (Å²) < 4.78 is 11.3. The van der Waals surface area contributed by atoms with Crippen LogP contribution in [-0.4, -0.2) is 32.1 Å². The van der Waals surface area contributed by atoms with Gasteiger partial charge in [0.15, 0.2) is 5.41 Å². The van der Waals surface area contributed by atoms with E-state index in [1.165, 1.54) is 7.11 Å². The number of nitriles is 1. The molecule has 0 aromatic heterocycles. The number of carbonyl (C=O) groups is 3. The standard InChI is InChI=1S/C22H18Br2N2O5/c1-30-20(28)16-17(12-5-3-7-14(23)9-12)22(11-25,21(29)31-2)18(26-19(16)27)13-6-4-8-15(24)10-13/h3-10,16-18H,1-2H3,(H,26,27). The molecule has 0 spiro atoms. The van der Waals surface area contributed by atoms with Gasteiger partial charge in [-0.1, -0.05) is 56.1 Å². The Labute approximate surface area is 196 Å². The van der Waals surface area contributed by atoms with Crippen LogP contribution in [0.25, 0.3) is 0 Å². The second-order valence-corrected chi connectivity index (χ2v) is 8.83. The molecular formula is C22H18Br2N2O5. The van der Waals surface area contributed by atoms with Gasteiger partial charge in [0.05, 0.1) is 26.3 Å². The third-order valence-electron chi connectivity index (χ3n) is 5.40. The van der Waals surface area contributed by atoms with Crippen LogP contribution in [0.1, 0.15) is 23.1 Å². The quantitative estimate of drug-likeness (QED) is 0.461. The first-order valence-electron chi connectivity index (χ1n) is 9.19. The maximum atomic E-state index is 13.2. The molecule has 4 atom stereocenters. The number of nitrogens with zero attached hydrogens (tertiary/aromatic N) is 1. The van der Waals surface area contributed by atoms with Gasteiger partial charge in [-0.15, -0.1) is 0 Å². The van der Waals surface area contributed by atoms with Crippen LogP contribution in [0.5, 0.6) is 0 Å². The van der Waals surface area contributed by atoms with Gasteiger partial charge in [-0.25, -0.2) is 0 Å². The van der Waals surface area contributed by atoms with Crippen molar-refractivity contribution in [1.82, 2.24) is 5.32 Å². The first-order chi connectivity index (χ1) is 14.8. The van der Waals surface area contributed by atoms with Crippen molar-refractivity contribution >= 4 is 49.7 Å². The van der Waals surface area contributed by atoms with Crippen molar-refractivity contribution in [1.29, 1.82) is 5.26 Å². The molecule has 1 aliphatic heterocycles. The van der Waals surface area contributed by atoms with Gasteiger partial charge >= 0.3 is 11.9 Å². The van der Waals surface area contributed by atoms with Crippen molar-refractivity contribution in [2.75, 3.05) is 14.2 Å². The summed E-state index contributed by atoms with van der Waals surface area (Å²) in [6, 6.07) is 14.7. The zero-order valence-corrected chi connectivity index (χ0v) is 19.8. The number of carbonyl (C=O) groups excluding carboxylic acids is 3. The lowest BCUT2D eigenvalue weighted by atomic mass is 9.59. The van der Waals surface area contributed by atoms with E-state index in [1.54, 1.807) is 48.5 Å². The molecule has 7 nitrogen and oxygen atoms in total. The van der Waals surface area contributed by atoms with Gasteiger partial charge in [0.25, 0.3) is 0 Å². The number of halogens is 2. The maximum absolute atomic E-state index is 13.2. The molecular weight excluding hydrogens is 532 g/mol. The van der Waals surface area contributed by atoms with E-state index >= 15 is 0 Å². The summed E-state index contributed by atoms with van der Waals surface area (Å²) in [4.78, 5) is 39.1. The molecule has 0 radical (unpaired) electrons. The molecule has 4 unspecified atom stereocenters. The van der Waals surface area contributed by atoms with E-state index < -0.39 is 41.1 Å². The first-order valence-corrected chi connectivity index (χ1v) is 10.8. The average molecular weight is 550 g/mol. The summed E-state index contributed by atoms with van der Waals surface area (Å²) in [5, 5.41) is 13.1. The molecule has 0 bridgehead atoms. The van der Waals surface area contributed by atoms with Crippen LogP contribution < -0.4 is 5.32 Å². The smallest absolute Gasteiger partial charge is 0.329 e. The summed E-state index contributed by atoms with van der Waals surface area (Å²) in [6.45, 7) is 0. The molecule has 1 N–H and O–H groups in total. The highest BCUT2D eigenvalue weighted by molar-refractivity contribution is 9.10. The van der Waals surface area contributed by atoms with Crippen molar-refractivity contribution in [2.45, 2.75) is 12.0 Å². The maximum Gasteiger partial charge on any atom is 0.329 e. The summed E-state index contributed by atoms with van der Waals surface area (Å²) in [6.07, 6.45) is 0. The summed E-state index contributed by atoms with van der Waals surface area (Å²) in [5.41, 5.74) is -0.979. The molecule has 0 saturated carbocycles. The summed E-state index contributed by atoms with van der Waals surface area (Å²) in [5.74, 6) is -4.94. The first kappa shape index (κ1) is 23.0. The number of ether oxygens (including phenoxy) is 2. The highest BCUT2D eigenvalue weighted by Gasteiger charge is 2.64. The topological polar surface area (TPSA) is 105 Å². The summed E-state index contributed by atoms with van der Waals surface area (Å²) >= 11 is 6.76.